The summed E-state index contributed by atoms with van der Waals surface area (Å²) in [5, 5.41) is 0. The van der Waals surface area contributed by atoms with Crippen molar-refractivity contribution in [2.45, 2.75) is 51.5 Å². The summed E-state index contributed by atoms with van der Waals surface area (Å²) in [6.07, 6.45) is 6.59. The number of rotatable bonds is 1. The SMILES string of the molecule is CC(C)(N)C(=O)N1CCC2CCCCC2C1. The quantitative estimate of drug-likeness (QED) is 0.737. The monoisotopic (exact) mass is 224 g/mol. The van der Waals surface area contributed by atoms with Crippen molar-refractivity contribution in [2.24, 2.45) is 17.6 Å². The molecule has 2 unspecified atom stereocenters. The summed E-state index contributed by atoms with van der Waals surface area (Å²) in [6.45, 7) is 5.48. The van der Waals surface area contributed by atoms with Crippen molar-refractivity contribution in [1.29, 1.82) is 0 Å². The van der Waals surface area contributed by atoms with Crippen LogP contribution in [0.15, 0.2) is 0 Å². The third-order valence-corrected chi connectivity index (χ3v) is 4.13. The van der Waals surface area contributed by atoms with Crippen molar-refractivity contribution < 1.29 is 4.79 Å². The zero-order valence-corrected chi connectivity index (χ0v) is 10.5. The van der Waals surface area contributed by atoms with Gasteiger partial charge >= 0.3 is 0 Å². The Morgan fingerprint density at radius 1 is 1.19 bits per heavy atom. The molecule has 3 nitrogen and oxygen atoms in total. The molecule has 1 amide bonds. The van der Waals surface area contributed by atoms with Crippen molar-refractivity contribution in [3.05, 3.63) is 0 Å². The number of carbonyl (C=O) groups is 1. The fourth-order valence-electron chi connectivity index (χ4n) is 3.19. The van der Waals surface area contributed by atoms with Gasteiger partial charge in [-0.3, -0.25) is 4.79 Å². The van der Waals surface area contributed by atoms with Gasteiger partial charge in [0.05, 0.1) is 5.54 Å². The fourth-order valence-corrected chi connectivity index (χ4v) is 3.19. The third-order valence-electron chi connectivity index (χ3n) is 4.13. The number of nitrogens with zero attached hydrogens (tertiary/aromatic N) is 1. The van der Waals surface area contributed by atoms with Gasteiger partial charge < -0.3 is 10.6 Å². The van der Waals surface area contributed by atoms with E-state index in [-0.39, 0.29) is 5.91 Å². The zero-order chi connectivity index (χ0) is 11.8. The van der Waals surface area contributed by atoms with Gasteiger partial charge in [0.2, 0.25) is 5.91 Å². The normalized spacial score (nSPS) is 31.1. The van der Waals surface area contributed by atoms with Gasteiger partial charge in [0.25, 0.3) is 0 Å². The lowest BCUT2D eigenvalue weighted by Crippen LogP contribution is -2.55. The molecule has 2 atom stereocenters. The molecule has 0 aromatic carbocycles. The van der Waals surface area contributed by atoms with E-state index in [4.69, 9.17) is 5.73 Å². The minimum atomic E-state index is -0.707. The van der Waals surface area contributed by atoms with Crippen molar-refractivity contribution >= 4 is 5.91 Å². The van der Waals surface area contributed by atoms with Gasteiger partial charge in [0, 0.05) is 13.1 Å². The molecule has 16 heavy (non-hydrogen) atoms. The number of likely N-dealkylation sites (tertiary alicyclic amines) is 1. The van der Waals surface area contributed by atoms with E-state index in [1.54, 1.807) is 0 Å². The molecule has 2 N–H and O–H groups in total. The summed E-state index contributed by atoms with van der Waals surface area (Å²) in [7, 11) is 0. The smallest absolute Gasteiger partial charge is 0.242 e. The average molecular weight is 224 g/mol. The summed E-state index contributed by atoms with van der Waals surface area (Å²) in [6, 6.07) is 0. The number of fused-ring (bicyclic) bond motifs is 1. The van der Waals surface area contributed by atoms with E-state index in [2.05, 4.69) is 0 Å². The fraction of sp³-hybridized carbons (Fsp3) is 0.923. The molecule has 0 radical (unpaired) electrons. The summed E-state index contributed by atoms with van der Waals surface area (Å²) in [5.41, 5.74) is 5.18. The van der Waals surface area contributed by atoms with Crippen LogP contribution in [-0.4, -0.2) is 29.4 Å². The van der Waals surface area contributed by atoms with Crippen LogP contribution in [0.25, 0.3) is 0 Å². The minimum absolute atomic E-state index is 0.122. The molecular weight excluding hydrogens is 200 g/mol. The van der Waals surface area contributed by atoms with Gasteiger partial charge in [-0.25, -0.2) is 0 Å². The molecule has 0 spiro atoms. The van der Waals surface area contributed by atoms with Crippen LogP contribution in [0.1, 0.15) is 46.0 Å². The summed E-state index contributed by atoms with van der Waals surface area (Å²) in [4.78, 5) is 14.1. The second-order valence-corrected chi connectivity index (χ2v) is 6.07. The Bertz CT molecular complexity index is 270. The molecule has 1 heterocycles. The second-order valence-electron chi connectivity index (χ2n) is 6.07. The van der Waals surface area contributed by atoms with Crippen LogP contribution >= 0.6 is 0 Å². The van der Waals surface area contributed by atoms with E-state index in [1.807, 2.05) is 18.7 Å². The maximum atomic E-state index is 12.1. The highest BCUT2D eigenvalue weighted by Gasteiger charge is 2.36. The Balaban J connectivity index is 1.97. The largest absolute Gasteiger partial charge is 0.341 e. The first-order chi connectivity index (χ1) is 7.48. The molecule has 3 heteroatoms. The van der Waals surface area contributed by atoms with Crippen LogP contribution in [-0.2, 0) is 4.79 Å². The summed E-state index contributed by atoms with van der Waals surface area (Å²) in [5.74, 6) is 1.74. The van der Waals surface area contributed by atoms with Gasteiger partial charge in [0.15, 0.2) is 0 Å². The first-order valence-electron chi connectivity index (χ1n) is 6.57. The number of nitrogens with two attached hydrogens (primary N) is 1. The highest BCUT2D eigenvalue weighted by molar-refractivity contribution is 5.85. The predicted octanol–water partition coefficient (Wildman–Crippen LogP) is 1.76. The van der Waals surface area contributed by atoms with Gasteiger partial charge in [-0.05, 0) is 38.5 Å². The second kappa shape index (κ2) is 4.36. The zero-order valence-electron chi connectivity index (χ0n) is 10.5. The van der Waals surface area contributed by atoms with Gasteiger partial charge in [-0.2, -0.15) is 0 Å². The van der Waals surface area contributed by atoms with Crippen molar-refractivity contribution in [1.82, 2.24) is 4.90 Å². The Labute approximate surface area is 98.4 Å². The number of hydrogen-bond donors (Lipinski definition) is 1. The molecule has 2 rings (SSSR count). The first kappa shape index (κ1) is 11.9. The van der Waals surface area contributed by atoms with E-state index in [1.165, 1.54) is 32.1 Å². The number of carbonyl (C=O) groups excluding carboxylic acids is 1. The van der Waals surface area contributed by atoms with E-state index < -0.39 is 5.54 Å². The molecule has 1 aliphatic carbocycles. The van der Waals surface area contributed by atoms with Crippen LogP contribution in [0.2, 0.25) is 0 Å². The molecule has 1 saturated carbocycles. The standard InChI is InChI=1S/C13H24N2O/c1-13(2,14)12(16)15-8-7-10-5-3-4-6-11(10)9-15/h10-11H,3-9,14H2,1-2H3. The number of amides is 1. The number of hydrogen-bond acceptors (Lipinski definition) is 2. The van der Waals surface area contributed by atoms with Gasteiger partial charge in [0.1, 0.15) is 0 Å². The first-order valence-corrected chi connectivity index (χ1v) is 6.57. The molecule has 2 aliphatic rings. The lowest BCUT2D eigenvalue weighted by molar-refractivity contribution is -0.138. The molecule has 0 bridgehead atoms. The predicted molar refractivity (Wildman–Crippen MR) is 64.9 cm³/mol. The molecule has 2 fully saturated rings. The van der Waals surface area contributed by atoms with Crippen LogP contribution in [0, 0.1) is 11.8 Å². The van der Waals surface area contributed by atoms with E-state index in [0.717, 1.165) is 24.9 Å². The topological polar surface area (TPSA) is 46.3 Å². The van der Waals surface area contributed by atoms with Crippen LogP contribution < -0.4 is 5.73 Å². The highest BCUT2D eigenvalue weighted by Crippen LogP contribution is 2.36. The summed E-state index contributed by atoms with van der Waals surface area (Å²) < 4.78 is 0. The Morgan fingerprint density at radius 2 is 1.81 bits per heavy atom. The molecule has 1 aliphatic heterocycles. The maximum absolute atomic E-state index is 12.1. The van der Waals surface area contributed by atoms with Crippen LogP contribution in [0.5, 0.6) is 0 Å². The Kier molecular flexibility index (Phi) is 3.24. The molecule has 1 saturated heterocycles. The van der Waals surface area contributed by atoms with Gasteiger partial charge in [-0.1, -0.05) is 19.3 Å². The third kappa shape index (κ3) is 2.40. The van der Waals surface area contributed by atoms with E-state index >= 15 is 0 Å². The molecule has 92 valence electrons. The number of piperidine rings is 1. The van der Waals surface area contributed by atoms with Crippen LogP contribution in [0.3, 0.4) is 0 Å². The van der Waals surface area contributed by atoms with E-state index in [9.17, 15) is 4.79 Å². The lowest BCUT2D eigenvalue weighted by Gasteiger charge is -2.43. The van der Waals surface area contributed by atoms with Crippen molar-refractivity contribution in [2.75, 3.05) is 13.1 Å². The Morgan fingerprint density at radius 3 is 2.44 bits per heavy atom. The Hall–Kier alpha value is -0.570. The lowest BCUT2D eigenvalue weighted by atomic mass is 9.75. The molecule has 0 aromatic heterocycles. The molecular formula is C13H24N2O. The van der Waals surface area contributed by atoms with Crippen molar-refractivity contribution in [3.63, 3.8) is 0 Å². The minimum Gasteiger partial charge on any atom is -0.341 e. The average Bonchev–Trinajstić information content (AvgIpc) is 2.26. The summed E-state index contributed by atoms with van der Waals surface area (Å²) >= 11 is 0. The highest BCUT2D eigenvalue weighted by atomic mass is 16.2. The van der Waals surface area contributed by atoms with Crippen LogP contribution in [0.4, 0.5) is 0 Å². The van der Waals surface area contributed by atoms with E-state index in [0.29, 0.717) is 0 Å². The molecule has 0 aromatic rings. The van der Waals surface area contributed by atoms with Gasteiger partial charge in [-0.15, -0.1) is 0 Å². The van der Waals surface area contributed by atoms with Crippen molar-refractivity contribution in [3.8, 4) is 0 Å². The maximum Gasteiger partial charge on any atom is 0.242 e.